The predicted molar refractivity (Wildman–Crippen MR) is 122 cm³/mol. The van der Waals surface area contributed by atoms with Crippen LogP contribution in [0.15, 0.2) is 30.3 Å². The van der Waals surface area contributed by atoms with Gasteiger partial charge in [-0.2, -0.15) is 9.97 Å². The number of benzene rings is 1. The van der Waals surface area contributed by atoms with E-state index in [1.165, 1.54) is 0 Å². The summed E-state index contributed by atoms with van der Waals surface area (Å²) in [6, 6.07) is 9.97. The van der Waals surface area contributed by atoms with E-state index < -0.39 is 0 Å². The minimum absolute atomic E-state index is 0.0449. The standard InChI is InChI=1S/C23H30N6O3/c1-15-16(2)32-11-10-27(15)20-12-21(28-9-5-6-17(28)13-30)26-23(25-20)29-19-8-4-3-7-18(19)24-22(29)14-31/h3-4,7-8,12,15-17,30-31H,5-6,9-11,13-14H2,1-2H3/t15-,16+,17?/m1/s1. The van der Waals surface area contributed by atoms with Gasteiger partial charge in [0.2, 0.25) is 5.95 Å². The number of anilines is 2. The summed E-state index contributed by atoms with van der Waals surface area (Å²) < 4.78 is 7.66. The van der Waals surface area contributed by atoms with Gasteiger partial charge in [0.1, 0.15) is 24.1 Å². The number of aliphatic hydroxyl groups excluding tert-OH is 2. The van der Waals surface area contributed by atoms with Crippen LogP contribution in [0.3, 0.4) is 0 Å². The summed E-state index contributed by atoms with van der Waals surface area (Å²) in [6.45, 7) is 6.31. The first kappa shape index (κ1) is 21.1. The van der Waals surface area contributed by atoms with Crippen LogP contribution in [0, 0.1) is 0 Å². The van der Waals surface area contributed by atoms with E-state index in [2.05, 4.69) is 28.6 Å². The number of aromatic nitrogens is 4. The van der Waals surface area contributed by atoms with Gasteiger partial charge in [-0.1, -0.05) is 12.1 Å². The second kappa shape index (κ2) is 8.65. The predicted octanol–water partition coefficient (Wildman–Crippen LogP) is 1.88. The highest BCUT2D eigenvalue weighted by molar-refractivity contribution is 5.77. The quantitative estimate of drug-likeness (QED) is 0.623. The number of nitrogens with zero attached hydrogens (tertiary/aromatic N) is 6. The first-order chi connectivity index (χ1) is 15.6. The highest BCUT2D eigenvalue weighted by Gasteiger charge is 2.30. The summed E-state index contributed by atoms with van der Waals surface area (Å²) >= 11 is 0. The average Bonchev–Trinajstić information content (AvgIpc) is 3.44. The fraction of sp³-hybridized carbons (Fsp3) is 0.522. The first-order valence-electron chi connectivity index (χ1n) is 11.3. The number of rotatable bonds is 5. The third-order valence-electron chi connectivity index (χ3n) is 6.72. The molecular formula is C23H30N6O3. The highest BCUT2D eigenvalue weighted by atomic mass is 16.5. The highest BCUT2D eigenvalue weighted by Crippen LogP contribution is 2.31. The molecule has 0 saturated carbocycles. The zero-order valence-corrected chi connectivity index (χ0v) is 18.6. The van der Waals surface area contributed by atoms with Gasteiger partial charge < -0.3 is 24.7 Å². The molecule has 3 aromatic rings. The molecule has 9 nitrogen and oxygen atoms in total. The molecule has 0 bridgehead atoms. The molecule has 2 fully saturated rings. The van der Waals surface area contributed by atoms with E-state index in [0.29, 0.717) is 18.4 Å². The summed E-state index contributed by atoms with van der Waals surface area (Å²) in [4.78, 5) is 18.9. The van der Waals surface area contributed by atoms with Gasteiger partial charge in [-0.05, 0) is 38.8 Å². The Morgan fingerprint density at radius 2 is 1.81 bits per heavy atom. The number of hydrogen-bond acceptors (Lipinski definition) is 8. The molecular weight excluding hydrogens is 408 g/mol. The third-order valence-corrected chi connectivity index (χ3v) is 6.72. The molecule has 0 spiro atoms. The Kier molecular flexibility index (Phi) is 5.71. The van der Waals surface area contributed by atoms with Crippen molar-refractivity contribution in [3.63, 3.8) is 0 Å². The lowest BCUT2D eigenvalue weighted by Gasteiger charge is -2.39. The molecule has 0 aliphatic carbocycles. The average molecular weight is 439 g/mol. The van der Waals surface area contributed by atoms with Gasteiger partial charge in [-0.15, -0.1) is 0 Å². The molecule has 3 atom stereocenters. The van der Waals surface area contributed by atoms with E-state index in [9.17, 15) is 10.2 Å². The number of hydrogen-bond donors (Lipinski definition) is 2. The lowest BCUT2D eigenvalue weighted by atomic mass is 10.1. The summed E-state index contributed by atoms with van der Waals surface area (Å²) in [7, 11) is 0. The summed E-state index contributed by atoms with van der Waals surface area (Å²) in [5, 5.41) is 19.9. The molecule has 170 valence electrons. The van der Waals surface area contributed by atoms with Crippen LogP contribution in [0.5, 0.6) is 0 Å². The van der Waals surface area contributed by atoms with Gasteiger partial charge in [0.25, 0.3) is 0 Å². The Morgan fingerprint density at radius 3 is 2.59 bits per heavy atom. The van der Waals surface area contributed by atoms with Crippen LogP contribution < -0.4 is 9.80 Å². The van der Waals surface area contributed by atoms with Crippen LogP contribution in [-0.4, -0.2) is 74.2 Å². The van der Waals surface area contributed by atoms with Crippen molar-refractivity contribution in [1.82, 2.24) is 19.5 Å². The van der Waals surface area contributed by atoms with E-state index in [1.807, 2.05) is 34.9 Å². The van der Waals surface area contributed by atoms with Crippen molar-refractivity contribution in [3.05, 3.63) is 36.2 Å². The second-order valence-corrected chi connectivity index (χ2v) is 8.58. The van der Waals surface area contributed by atoms with Gasteiger partial charge in [-0.25, -0.2) is 4.98 Å². The topological polar surface area (TPSA) is 99.8 Å². The van der Waals surface area contributed by atoms with Gasteiger partial charge in [-0.3, -0.25) is 4.57 Å². The normalized spacial score (nSPS) is 23.9. The van der Waals surface area contributed by atoms with Crippen molar-refractivity contribution in [3.8, 4) is 5.95 Å². The van der Waals surface area contributed by atoms with Gasteiger partial charge in [0.05, 0.1) is 42.4 Å². The molecule has 2 aliphatic heterocycles. The van der Waals surface area contributed by atoms with Crippen molar-refractivity contribution < 1.29 is 14.9 Å². The molecule has 5 rings (SSSR count). The molecule has 4 heterocycles. The lowest BCUT2D eigenvalue weighted by molar-refractivity contribution is 0.0281. The Labute approximate surface area is 187 Å². The van der Waals surface area contributed by atoms with Crippen LogP contribution in [0.1, 0.15) is 32.5 Å². The summed E-state index contributed by atoms with van der Waals surface area (Å²) in [6.07, 6.45) is 2.04. The smallest absolute Gasteiger partial charge is 0.239 e. The monoisotopic (exact) mass is 438 g/mol. The maximum absolute atomic E-state index is 10.0. The van der Waals surface area contributed by atoms with Crippen molar-refractivity contribution in [2.75, 3.05) is 36.1 Å². The number of morpholine rings is 1. The van der Waals surface area contributed by atoms with Crippen LogP contribution in [0.4, 0.5) is 11.6 Å². The molecule has 1 aromatic carbocycles. The van der Waals surface area contributed by atoms with E-state index >= 15 is 0 Å². The Balaban J connectivity index is 1.68. The fourth-order valence-corrected chi connectivity index (χ4v) is 4.79. The van der Waals surface area contributed by atoms with Crippen LogP contribution in [0.25, 0.3) is 17.0 Å². The van der Waals surface area contributed by atoms with Gasteiger partial charge in [0.15, 0.2) is 0 Å². The Bertz CT molecular complexity index is 1100. The number of para-hydroxylation sites is 2. The maximum Gasteiger partial charge on any atom is 0.239 e. The number of fused-ring (bicyclic) bond motifs is 1. The number of imidazole rings is 1. The lowest BCUT2D eigenvalue weighted by Crippen LogP contribution is -2.49. The minimum Gasteiger partial charge on any atom is -0.394 e. The maximum atomic E-state index is 10.0. The molecule has 2 N–H and O–H groups in total. The largest absolute Gasteiger partial charge is 0.394 e. The van der Waals surface area contributed by atoms with E-state index in [1.54, 1.807) is 0 Å². The zero-order chi connectivity index (χ0) is 22.2. The van der Waals surface area contributed by atoms with Crippen molar-refractivity contribution in [2.24, 2.45) is 0 Å². The Hall–Kier alpha value is -2.75. The molecule has 2 aromatic heterocycles. The molecule has 0 amide bonds. The van der Waals surface area contributed by atoms with Crippen LogP contribution >= 0.6 is 0 Å². The summed E-state index contributed by atoms with van der Waals surface area (Å²) in [5.74, 6) is 2.58. The molecule has 1 unspecified atom stereocenters. The van der Waals surface area contributed by atoms with Crippen molar-refractivity contribution >= 4 is 22.7 Å². The molecule has 9 heteroatoms. The van der Waals surface area contributed by atoms with Gasteiger partial charge in [0, 0.05) is 19.2 Å². The first-order valence-corrected chi connectivity index (χ1v) is 11.3. The molecule has 2 aliphatic rings. The fourth-order valence-electron chi connectivity index (χ4n) is 4.79. The molecule has 2 saturated heterocycles. The third kappa shape index (κ3) is 3.60. The SMILES string of the molecule is C[C@@H]1OCCN(c2cc(N3CCCC3CO)nc(-n3c(CO)nc4ccccc43)n2)[C@@H]1C. The zero-order valence-electron chi connectivity index (χ0n) is 18.6. The van der Waals surface area contributed by atoms with Crippen LogP contribution in [0.2, 0.25) is 0 Å². The Morgan fingerprint density at radius 1 is 1.03 bits per heavy atom. The van der Waals surface area contributed by atoms with E-state index in [-0.39, 0.29) is 31.4 Å². The second-order valence-electron chi connectivity index (χ2n) is 8.58. The summed E-state index contributed by atoms with van der Waals surface area (Å²) in [5.41, 5.74) is 1.64. The number of ether oxygens (including phenoxy) is 1. The van der Waals surface area contributed by atoms with Crippen LogP contribution in [-0.2, 0) is 11.3 Å². The van der Waals surface area contributed by atoms with E-state index in [0.717, 1.165) is 48.6 Å². The molecule has 32 heavy (non-hydrogen) atoms. The van der Waals surface area contributed by atoms with Gasteiger partial charge >= 0.3 is 0 Å². The van der Waals surface area contributed by atoms with Crippen molar-refractivity contribution in [1.29, 1.82) is 0 Å². The molecule has 0 radical (unpaired) electrons. The minimum atomic E-state index is -0.217. The van der Waals surface area contributed by atoms with Crippen molar-refractivity contribution in [2.45, 2.75) is 51.5 Å². The number of aliphatic hydroxyl groups is 2. The van der Waals surface area contributed by atoms with E-state index in [4.69, 9.17) is 14.7 Å².